The van der Waals surface area contributed by atoms with Crippen LogP contribution in [0.1, 0.15) is 19.0 Å². The molecule has 0 saturated heterocycles. The van der Waals surface area contributed by atoms with E-state index in [-0.39, 0.29) is 5.91 Å². The van der Waals surface area contributed by atoms with E-state index in [1.165, 1.54) is 11.1 Å². The molecule has 0 spiro atoms. The maximum absolute atomic E-state index is 10.8. The molecular weight excluding hydrogens is 250 g/mol. The molecular formula is C16H21N3O. The highest BCUT2D eigenvalue weighted by Crippen LogP contribution is 2.25. The molecule has 0 aliphatic heterocycles. The quantitative estimate of drug-likeness (QED) is 0.850. The Morgan fingerprint density at radius 3 is 2.85 bits per heavy atom. The van der Waals surface area contributed by atoms with E-state index in [0.29, 0.717) is 6.54 Å². The summed E-state index contributed by atoms with van der Waals surface area (Å²) in [6.07, 6.45) is 0.922. The molecule has 4 heteroatoms. The lowest BCUT2D eigenvalue weighted by Crippen LogP contribution is -2.26. The zero-order valence-electron chi connectivity index (χ0n) is 12.3. The molecule has 0 aliphatic carbocycles. The Kier molecular flexibility index (Phi) is 4.56. The smallest absolute Gasteiger partial charge is 0.216 e. The number of carbonyl (C=O) groups is 1. The van der Waals surface area contributed by atoms with E-state index in [4.69, 9.17) is 0 Å². The number of amides is 1. The van der Waals surface area contributed by atoms with Gasteiger partial charge in [-0.05, 0) is 25.5 Å². The minimum absolute atomic E-state index is 0.0258. The van der Waals surface area contributed by atoms with Gasteiger partial charge in [-0.1, -0.05) is 18.2 Å². The van der Waals surface area contributed by atoms with Crippen molar-refractivity contribution in [2.24, 2.45) is 0 Å². The summed E-state index contributed by atoms with van der Waals surface area (Å²) in [6, 6.07) is 10.3. The van der Waals surface area contributed by atoms with Gasteiger partial charge in [0.2, 0.25) is 5.91 Å². The monoisotopic (exact) mass is 271 g/mol. The topological polar surface area (TPSA) is 45.2 Å². The van der Waals surface area contributed by atoms with Crippen molar-refractivity contribution in [1.82, 2.24) is 10.3 Å². The van der Waals surface area contributed by atoms with Gasteiger partial charge in [0.1, 0.15) is 0 Å². The number of aromatic nitrogens is 1. The van der Waals surface area contributed by atoms with E-state index < -0.39 is 0 Å². The van der Waals surface area contributed by atoms with Crippen LogP contribution in [0.3, 0.4) is 0 Å². The molecule has 1 aromatic heterocycles. The minimum Gasteiger partial charge on any atom is -0.374 e. The summed E-state index contributed by atoms with van der Waals surface area (Å²) in [6.45, 7) is 5.17. The molecule has 0 fully saturated rings. The third-order valence-electron chi connectivity index (χ3n) is 3.28. The first-order valence-electron chi connectivity index (χ1n) is 6.90. The summed E-state index contributed by atoms with van der Waals surface area (Å²) < 4.78 is 0. The molecule has 1 amide bonds. The van der Waals surface area contributed by atoms with Gasteiger partial charge in [-0.15, -0.1) is 0 Å². The number of benzene rings is 1. The van der Waals surface area contributed by atoms with Gasteiger partial charge in [0.05, 0.1) is 5.52 Å². The SMILES string of the molecule is CC(=O)NCCCN(C)c1cc(C)nc2ccccc12. The van der Waals surface area contributed by atoms with Crippen molar-refractivity contribution in [2.45, 2.75) is 20.3 Å². The molecule has 0 radical (unpaired) electrons. The number of aryl methyl sites for hydroxylation is 1. The Hall–Kier alpha value is -2.10. The van der Waals surface area contributed by atoms with Gasteiger partial charge in [-0.25, -0.2) is 0 Å². The fourth-order valence-corrected chi connectivity index (χ4v) is 2.30. The zero-order chi connectivity index (χ0) is 14.5. The first-order chi connectivity index (χ1) is 9.58. The fraction of sp³-hybridized carbons (Fsp3) is 0.375. The predicted molar refractivity (Wildman–Crippen MR) is 83.1 cm³/mol. The summed E-state index contributed by atoms with van der Waals surface area (Å²) in [5.41, 5.74) is 3.24. The number of hydrogen-bond acceptors (Lipinski definition) is 3. The molecule has 0 unspecified atom stereocenters. The van der Waals surface area contributed by atoms with Crippen LogP contribution >= 0.6 is 0 Å². The number of pyridine rings is 1. The van der Waals surface area contributed by atoms with Gasteiger partial charge in [0, 0.05) is 43.8 Å². The highest BCUT2D eigenvalue weighted by atomic mass is 16.1. The first-order valence-corrected chi connectivity index (χ1v) is 6.90. The molecule has 2 aromatic rings. The third-order valence-corrected chi connectivity index (χ3v) is 3.28. The molecule has 0 bridgehead atoms. The van der Waals surface area contributed by atoms with Crippen molar-refractivity contribution in [3.05, 3.63) is 36.0 Å². The van der Waals surface area contributed by atoms with Gasteiger partial charge in [0.15, 0.2) is 0 Å². The lowest BCUT2D eigenvalue weighted by Gasteiger charge is -2.21. The van der Waals surface area contributed by atoms with Gasteiger partial charge in [0.25, 0.3) is 0 Å². The van der Waals surface area contributed by atoms with E-state index in [2.05, 4.69) is 34.4 Å². The van der Waals surface area contributed by atoms with Crippen LogP contribution in [-0.2, 0) is 4.79 Å². The highest BCUT2D eigenvalue weighted by Gasteiger charge is 2.07. The molecule has 1 aromatic carbocycles. The normalized spacial score (nSPS) is 10.6. The predicted octanol–water partition coefficient (Wildman–Crippen LogP) is 2.51. The molecule has 4 nitrogen and oxygen atoms in total. The van der Waals surface area contributed by atoms with Crippen LogP contribution in [0.25, 0.3) is 10.9 Å². The highest BCUT2D eigenvalue weighted by molar-refractivity contribution is 5.91. The first kappa shape index (κ1) is 14.3. The maximum atomic E-state index is 10.8. The summed E-state index contributed by atoms with van der Waals surface area (Å²) >= 11 is 0. The van der Waals surface area contributed by atoms with Gasteiger partial charge in [-0.2, -0.15) is 0 Å². The second-order valence-corrected chi connectivity index (χ2v) is 5.06. The van der Waals surface area contributed by atoms with Crippen LogP contribution in [0.2, 0.25) is 0 Å². The van der Waals surface area contributed by atoms with Gasteiger partial charge >= 0.3 is 0 Å². The Balaban J connectivity index is 2.13. The number of anilines is 1. The Morgan fingerprint density at radius 2 is 2.10 bits per heavy atom. The molecule has 2 rings (SSSR count). The molecule has 106 valence electrons. The standard InChI is InChI=1S/C16H21N3O/c1-12-11-16(14-7-4-5-8-15(14)18-12)19(3)10-6-9-17-13(2)20/h4-5,7-8,11H,6,9-10H2,1-3H3,(H,17,20). The summed E-state index contributed by atoms with van der Waals surface area (Å²) in [4.78, 5) is 17.6. The van der Waals surface area contributed by atoms with Crippen molar-refractivity contribution in [1.29, 1.82) is 0 Å². The van der Waals surface area contributed by atoms with Crippen LogP contribution in [0.15, 0.2) is 30.3 Å². The molecule has 0 atom stereocenters. The molecule has 0 saturated carbocycles. The zero-order valence-corrected chi connectivity index (χ0v) is 12.3. The minimum atomic E-state index is 0.0258. The Morgan fingerprint density at radius 1 is 1.35 bits per heavy atom. The molecule has 20 heavy (non-hydrogen) atoms. The van der Waals surface area contributed by atoms with Gasteiger partial charge < -0.3 is 10.2 Å². The lowest BCUT2D eigenvalue weighted by atomic mass is 10.1. The van der Waals surface area contributed by atoms with E-state index in [1.807, 2.05) is 25.1 Å². The van der Waals surface area contributed by atoms with Crippen LogP contribution in [0, 0.1) is 6.92 Å². The van der Waals surface area contributed by atoms with Crippen molar-refractivity contribution in [2.75, 3.05) is 25.0 Å². The third kappa shape index (κ3) is 3.47. The largest absolute Gasteiger partial charge is 0.374 e. The average Bonchev–Trinajstić information content (AvgIpc) is 2.42. The van der Waals surface area contributed by atoms with Crippen molar-refractivity contribution in [3.8, 4) is 0 Å². The van der Waals surface area contributed by atoms with Crippen LogP contribution < -0.4 is 10.2 Å². The molecule has 1 heterocycles. The summed E-state index contributed by atoms with van der Waals surface area (Å²) in [5.74, 6) is 0.0258. The van der Waals surface area contributed by atoms with E-state index in [1.54, 1.807) is 6.92 Å². The summed E-state index contributed by atoms with van der Waals surface area (Å²) in [5, 5.41) is 3.99. The van der Waals surface area contributed by atoms with Crippen LogP contribution in [0.5, 0.6) is 0 Å². The van der Waals surface area contributed by atoms with E-state index in [0.717, 1.165) is 24.2 Å². The average molecular weight is 271 g/mol. The van der Waals surface area contributed by atoms with Crippen LogP contribution in [-0.4, -0.2) is 31.0 Å². The number of hydrogen-bond donors (Lipinski definition) is 1. The number of fused-ring (bicyclic) bond motifs is 1. The van der Waals surface area contributed by atoms with Crippen molar-refractivity contribution < 1.29 is 4.79 Å². The number of para-hydroxylation sites is 1. The van der Waals surface area contributed by atoms with E-state index >= 15 is 0 Å². The molecule has 0 aliphatic rings. The maximum Gasteiger partial charge on any atom is 0.216 e. The second-order valence-electron chi connectivity index (χ2n) is 5.06. The number of rotatable bonds is 5. The number of nitrogens with zero attached hydrogens (tertiary/aromatic N) is 2. The number of nitrogens with one attached hydrogen (secondary N) is 1. The van der Waals surface area contributed by atoms with Crippen molar-refractivity contribution >= 4 is 22.5 Å². The second kappa shape index (κ2) is 6.37. The van der Waals surface area contributed by atoms with Crippen LogP contribution in [0.4, 0.5) is 5.69 Å². The molecule has 1 N–H and O–H groups in total. The fourth-order valence-electron chi connectivity index (χ4n) is 2.30. The lowest BCUT2D eigenvalue weighted by molar-refractivity contribution is -0.118. The van der Waals surface area contributed by atoms with Crippen molar-refractivity contribution in [3.63, 3.8) is 0 Å². The number of carbonyl (C=O) groups excluding carboxylic acids is 1. The van der Waals surface area contributed by atoms with Gasteiger partial charge in [-0.3, -0.25) is 9.78 Å². The van der Waals surface area contributed by atoms with E-state index in [9.17, 15) is 4.79 Å². The Bertz CT molecular complexity index is 610. The Labute approximate surface area is 119 Å². The summed E-state index contributed by atoms with van der Waals surface area (Å²) in [7, 11) is 2.08.